The smallest absolute Gasteiger partial charge is 0.160 e. The second-order valence-electron chi connectivity index (χ2n) is 5.61. The van der Waals surface area contributed by atoms with Gasteiger partial charge in [0.05, 0.1) is 27.4 Å². The van der Waals surface area contributed by atoms with Crippen LogP contribution < -0.4 is 9.47 Å². The minimum atomic E-state index is 0.123. The third-order valence-corrected chi connectivity index (χ3v) is 4.34. The number of phenols is 2. The molecule has 1 heterocycles. The van der Waals surface area contributed by atoms with E-state index in [1.807, 2.05) is 24.3 Å². The molecule has 5 heteroatoms. The standard InChI is InChI=1S/C18H20O5/c1-21-17-7-11(3-5-15(17)19)13-9-23-10-14(13)12-4-6-16(20)18(8-12)22-2/h3-8,13-14,19-20H,9-10H2,1-2H3/t13-,14+. The lowest BCUT2D eigenvalue weighted by atomic mass is 9.84. The topological polar surface area (TPSA) is 68.2 Å². The van der Waals surface area contributed by atoms with E-state index < -0.39 is 0 Å². The molecule has 2 atom stereocenters. The monoisotopic (exact) mass is 316 g/mol. The van der Waals surface area contributed by atoms with Gasteiger partial charge in [-0.3, -0.25) is 0 Å². The van der Waals surface area contributed by atoms with Gasteiger partial charge in [-0.05, 0) is 35.4 Å². The lowest BCUT2D eigenvalue weighted by molar-refractivity contribution is 0.190. The van der Waals surface area contributed by atoms with E-state index in [1.165, 1.54) is 14.2 Å². The molecule has 1 saturated heterocycles. The number of rotatable bonds is 4. The van der Waals surface area contributed by atoms with Crippen LogP contribution in [0.25, 0.3) is 0 Å². The summed E-state index contributed by atoms with van der Waals surface area (Å²) in [5.41, 5.74) is 2.10. The maximum atomic E-state index is 9.76. The number of hydrogen-bond acceptors (Lipinski definition) is 5. The fourth-order valence-corrected chi connectivity index (χ4v) is 3.06. The van der Waals surface area contributed by atoms with Crippen molar-refractivity contribution in [3.63, 3.8) is 0 Å². The summed E-state index contributed by atoms with van der Waals surface area (Å²) in [5, 5.41) is 19.5. The van der Waals surface area contributed by atoms with E-state index in [0.29, 0.717) is 24.7 Å². The van der Waals surface area contributed by atoms with Gasteiger partial charge in [-0.2, -0.15) is 0 Å². The minimum absolute atomic E-state index is 0.123. The lowest BCUT2D eigenvalue weighted by Crippen LogP contribution is -2.09. The molecule has 3 rings (SSSR count). The average Bonchev–Trinajstić information content (AvgIpc) is 3.05. The van der Waals surface area contributed by atoms with Gasteiger partial charge in [-0.15, -0.1) is 0 Å². The molecule has 1 aliphatic rings. The molecule has 2 aromatic carbocycles. The van der Waals surface area contributed by atoms with Gasteiger partial charge < -0.3 is 24.4 Å². The van der Waals surface area contributed by atoms with Crippen molar-refractivity contribution in [3.8, 4) is 23.0 Å². The summed E-state index contributed by atoms with van der Waals surface area (Å²) in [6.07, 6.45) is 0. The number of hydrogen-bond donors (Lipinski definition) is 2. The van der Waals surface area contributed by atoms with Crippen LogP contribution in [0.3, 0.4) is 0 Å². The molecule has 0 spiro atoms. The van der Waals surface area contributed by atoms with Crippen LogP contribution in [-0.4, -0.2) is 37.6 Å². The van der Waals surface area contributed by atoms with Crippen molar-refractivity contribution in [1.82, 2.24) is 0 Å². The molecule has 0 aromatic heterocycles. The first-order valence-corrected chi connectivity index (χ1v) is 7.45. The first kappa shape index (κ1) is 15.5. The Morgan fingerprint density at radius 1 is 0.826 bits per heavy atom. The molecule has 0 saturated carbocycles. The first-order chi connectivity index (χ1) is 11.1. The van der Waals surface area contributed by atoms with Gasteiger partial charge in [0.25, 0.3) is 0 Å². The largest absolute Gasteiger partial charge is 0.504 e. The zero-order valence-corrected chi connectivity index (χ0v) is 13.2. The summed E-state index contributed by atoms with van der Waals surface area (Å²) in [4.78, 5) is 0. The molecule has 122 valence electrons. The quantitative estimate of drug-likeness (QED) is 0.907. The van der Waals surface area contributed by atoms with E-state index in [-0.39, 0.29) is 23.3 Å². The van der Waals surface area contributed by atoms with Gasteiger partial charge in [-0.25, -0.2) is 0 Å². The Morgan fingerprint density at radius 2 is 1.26 bits per heavy atom. The minimum Gasteiger partial charge on any atom is -0.504 e. The molecule has 0 bridgehead atoms. The molecular formula is C18H20O5. The van der Waals surface area contributed by atoms with E-state index in [9.17, 15) is 10.2 Å². The Balaban J connectivity index is 1.94. The molecule has 2 aromatic rings. The highest BCUT2D eigenvalue weighted by molar-refractivity contribution is 5.46. The number of aromatic hydroxyl groups is 2. The van der Waals surface area contributed by atoms with E-state index in [2.05, 4.69) is 0 Å². The van der Waals surface area contributed by atoms with Crippen LogP contribution in [0.15, 0.2) is 36.4 Å². The highest BCUT2D eigenvalue weighted by Gasteiger charge is 2.32. The highest BCUT2D eigenvalue weighted by atomic mass is 16.5. The van der Waals surface area contributed by atoms with Gasteiger partial charge in [0, 0.05) is 11.8 Å². The van der Waals surface area contributed by atoms with Crippen LogP contribution in [-0.2, 0) is 4.74 Å². The zero-order chi connectivity index (χ0) is 16.4. The fraction of sp³-hybridized carbons (Fsp3) is 0.333. The Kier molecular flexibility index (Phi) is 4.30. The Morgan fingerprint density at radius 3 is 1.65 bits per heavy atom. The summed E-state index contributed by atoms with van der Waals surface area (Å²) >= 11 is 0. The van der Waals surface area contributed by atoms with Gasteiger partial charge in [0.15, 0.2) is 23.0 Å². The van der Waals surface area contributed by atoms with Crippen LogP contribution in [0, 0.1) is 0 Å². The van der Waals surface area contributed by atoms with Gasteiger partial charge >= 0.3 is 0 Å². The molecule has 5 nitrogen and oxygen atoms in total. The number of benzene rings is 2. The van der Waals surface area contributed by atoms with Gasteiger partial charge in [0.1, 0.15) is 0 Å². The van der Waals surface area contributed by atoms with Crippen molar-refractivity contribution in [1.29, 1.82) is 0 Å². The van der Waals surface area contributed by atoms with Crippen LogP contribution in [0.5, 0.6) is 23.0 Å². The van der Waals surface area contributed by atoms with Crippen molar-refractivity contribution in [2.75, 3.05) is 27.4 Å². The number of methoxy groups -OCH3 is 2. The Bertz CT molecular complexity index is 638. The van der Waals surface area contributed by atoms with Crippen LogP contribution in [0.1, 0.15) is 23.0 Å². The average molecular weight is 316 g/mol. The SMILES string of the molecule is COc1cc([C@H]2COC[C@H]2c2ccc(O)c(OC)c2)ccc1O. The van der Waals surface area contributed by atoms with Gasteiger partial charge in [0.2, 0.25) is 0 Å². The molecule has 2 N–H and O–H groups in total. The van der Waals surface area contributed by atoms with Crippen molar-refractivity contribution >= 4 is 0 Å². The van der Waals surface area contributed by atoms with Crippen molar-refractivity contribution < 1.29 is 24.4 Å². The predicted molar refractivity (Wildman–Crippen MR) is 85.6 cm³/mol. The van der Waals surface area contributed by atoms with Crippen LogP contribution >= 0.6 is 0 Å². The fourth-order valence-electron chi connectivity index (χ4n) is 3.06. The summed E-state index contributed by atoms with van der Waals surface area (Å²) in [6.45, 7) is 1.20. The second kappa shape index (κ2) is 6.38. The van der Waals surface area contributed by atoms with E-state index in [0.717, 1.165) is 11.1 Å². The van der Waals surface area contributed by atoms with Gasteiger partial charge in [-0.1, -0.05) is 12.1 Å². The summed E-state index contributed by atoms with van der Waals surface area (Å²) in [6, 6.07) is 10.8. The normalized spacial score (nSPS) is 20.4. The summed E-state index contributed by atoms with van der Waals surface area (Å²) < 4.78 is 16.1. The number of phenolic OH excluding ortho intramolecular Hbond substituents is 2. The summed E-state index contributed by atoms with van der Waals surface area (Å²) in [5.74, 6) is 1.46. The maximum Gasteiger partial charge on any atom is 0.160 e. The Hall–Kier alpha value is -2.40. The predicted octanol–water partition coefficient (Wildman–Crippen LogP) is 3.01. The lowest BCUT2D eigenvalue weighted by Gasteiger charge is -2.20. The molecule has 1 aliphatic heterocycles. The second-order valence-corrected chi connectivity index (χ2v) is 5.61. The molecular weight excluding hydrogens is 296 g/mol. The molecule has 0 aliphatic carbocycles. The highest BCUT2D eigenvalue weighted by Crippen LogP contribution is 2.42. The van der Waals surface area contributed by atoms with E-state index in [1.54, 1.807) is 12.1 Å². The molecule has 23 heavy (non-hydrogen) atoms. The zero-order valence-electron chi connectivity index (χ0n) is 13.2. The first-order valence-electron chi connectivity index (χ1n) is 7.45. The van der Waals surface area contributed by atoms with Crippen molar-refractivity contribution in [2.24, 2.45) is 0 Å². The maximum absolute atomic E-state index is 9.76. The summed E-state index contributed by atoms with van der Waals surface area (Å²) in [7, 11) is 3.07. The molecule has 0 radical (unpaired) electrons. The van der Waals surface area contributed by atoms with Crippen LogP contribution in [0.4, 0.5) is 0 Å². The Labute approximate surface area is 135 Å². The third kappa shape index (κ3) is 2.92. The van der Waals surface area contributed by atoms with Crippen molar-refractivity contribution in [3.05, 3.63) is 47.5 Å². The molecule has 0 unspecified atom stereocenters. The molecule has 0 amide bonds. The number of ether oxygens (including phenoxy) is 3. The molecule has 1 fully saturated rings. The van der Waals surface area contributed by atoms with E-state index in [4.69, 9.17) is 14.2 Å². The van der Waals surface area contributed by atoms with E-state index >= 15 is 0 Å². The van der Waals surface area contributed by atoms with Crippen molar-refractivity contribution in [2.45, 2.75) is 11.8 Å². The third-order valence-electron chi connectivity index (χ3n) is 4.34. The van der Waals surface area contributed by atoms with Crippen LogP contribution in [0.2, 0.25) is 0 Å².